The minimum atomic E-state index is -1.09. The minimum Gasteiger partial charge on any atom is -0.398 e. The van der Waals surface area contributed by atoms with Crippen molar-refractivity contribution in [2.45, 2.75) is 0 Å². The van der Waals surface area contributed by atoms with E-state index in [2.05, 4.69) is 10.4 Å². The largest absolute Gasteiger partial charge is 0.398 e. The third kappa shape index (κ3) is 2.41. The molecule has 0 saturated heterocycles. The van der Waals surface area contributed by atoms with Gasteiger partial charge in [0.1, 0.15) is 5.82 Å². The van der Waals surface area contributed by atoms with Gasteiger partial charge in [-0.25, -0.2) is 0 Å². The average Bonchev–Trinajstić information content (AvgIpc) is 2.74. The summed E-state index contributed by atoms with van der Waals surface area (Å²) in [6, 6.07) is 3.08. The van der Waals surface area contributed by atoms with Crippen molar-refractivity contribution in [2.24, 2.45) is 7.05 Å². The standard InChI is InChI=1S/C11H10FN5O3/c1-16-10(2-3-14-16)15-11(18)6-4-9(17(19)20)7(12)5-8(6)13/h2-5H,13H2,1H3,(H,15,18). The molecule has 0 unspecified atom stereocenters. The van der Waals surface area contributed by atoms with E-state index in [0.29, 0.717) is 5.82 Å². The molecule has 1 aromatic carbocycles. The van der Waals surface area contributed by atoms with Crippen LogP contribution in [-0.2, 0) is 7.05 Å². The van der Waals surface area contributed by atoms with Crippen molar-refractivity contribution in [3.63, 3.8) is 0 Å². The molecule has 1 amide bonds. The molecular formula is C11H10FN5O3. The van der Waals surface area contributed by atoms with Crippen molar-refractivity contribution >= 4 is 23.1 Å². The smallest absolute Gasteiger partial charge is 0.305 e. The molecule has 0 fully saturated rings. The number of hydrogen-bond acceptors (Lipinski definition) is 5. The normalized spacial score (nSPS) is 10.3. The van der Waals surface area contributed by atoms with E-state index in [0.717, 1.165) is 12.1 Å². The second kappa shape index (κ2) is 4.96. The summed E-state index contributed by atoms with van der Waals surface area (Å²) in [6.45, 7) is 0. The van der Waals surface area contributed by atoms with Gasteiger partial charge in [-0.05, 0) is 0 Å². The van der Waals surface area contributed by atoms with Crippen molar-refractivity contribution in [3.8, 4) is 0 Å². The molecule has 1 heterocycles. The molecule has 0 aliphatic carbocycles. The average molecular weight is 279 g/mol. The first-order valence-electron chi connectivity index (χ1n) is 5.43. The van der Waals surface area contributed by atoms with Gasteiger partial charge in [-0.1, -0.05) is 0 Å². The third-order valence-corrected chi connectivity index (χ3v) is 2.62. The van der Waals surface area contributed by atoms with Gasteiger partial charge in [0.15, 0.2) is 0 Å². The van der Waals surface area contributed by atoms with Gasteiger partial charge in [-0.2, -0.15) is 9.49 Å². The lowest BCUT2D eigenvalue weighted by Gasteiger charge is -2.08. The molecule has 0 spiro atoms. The van der Waals surface area contributed by atoms with Gasteiger partial charge in [-0.3, -0.25) is 19.6 Å². The van der Waals surface area contributed by atoms with Crippen molar-refractivity contribution < 1.29 is 14.1 Å². The number of hydrogen-bond donors (Lipinski definition) is 2. The fraction of sp³-hybridized carbons (Fsp3) is 0.0909. The highest BCUT2D eigenvalue weighted by Crippen LogP contribution is 2.24. The lowest BCUT2D eigenvalue weighted by Crippen LogP contribution is -2.17. The second-order valence-electron chi connectivity index (χ2n) is 3.94. The molecule has 104 valence electrons. The molecule has 0 bridgehead atoms. The zero-order valence-corrected chi connectivity index (χ0v) is 10.3. The number of nitrogens with two attached hydrogens (primary N) is 1. The number of carbonyl (C=O) groups is 1. The van der Waals surface area contributed by atoms with Crippen LogP contribution in [0.25, 0.3) is 0 Å². The summed E-state index contributed by atoms with van der Waals surface area (Å²) in [5.74, 6) is -1.40. The van der Waals surface area contributed by atoms with Crippen LogP contribution in [0.15, 0.2) is 24.4 Å². The van der Waals surface area contributed by atoms with Crippen LogP contribution in [0.4, 0.5) is 21.6 Å². The predicted molar refractivity (Wildman–Crippen MR) is 68.6 cm³/mol. The number of aromatic nitrogens is 2. The topological polar surface area (TPSA) is 116 Å². The molecule has 2 rings (SSSR count). The van der Waals surface area contributed by atoms with Crippen LogP contribution < -0.4 is 11.1 Å². The van der Waals surface area contributed by atoms with Crippen LogP contribution in [-0.4, -0.2) is 20.6 Å². The van der Waals surface area contributed by atoms with E-state index in [1.807, 2.05) is 0 Å². The van der Waals surface area contributed by atoms with E-state index in [4.69, 9.17) is 5.73 Å². The molecule has 9 heteroatoms. The lowest BCUT2D eigenvalue weighted by atomic mass is 10.1. The highest BCUT2D eigenvalue weighted by molar-refractivity contribution is 6.07. The molecule has 1 aromatic heterocycles. The molecule has 0 aliphatic rings. The number of carbonyl (C=O) groups excluding carboxylic acids is 1. The van der Waals surface area contributed by atoms with Gasteiger partial charge in [0.2, 0.25) is 5.82 Å². The number of benzene rings is 1. The maximum Gasteiger partial charge on any atom is 0.305 e. The zero-order valence-electron chi connectivity index (χ0n) is 10.3. The summed E-state index contributed by atoms with van der Waals surface area (Å²) in [6.07, 6.45) is 1.46. The van der Waals surface area contributed by atoms with Crippen LogP contribution in [0, 0.1) is 15.9 Å². The number of nitrogens with one attached hydrogen (secondary N) is 1. The van der Waals surface area contributed by atoms with Crippen molar-refractivity contribution in [2.75, 3.05) is 11.1 Å². The number of nitro groups is 1. The first-order chi connectivity index (χ1) is 9.40. The minimum absolute atomic E-state index is 0.181. The summed E-state index contributed by atoms with van der Waals surface area (Å²) >= 11 is 0. The Hall–Kier alpha value is -2.97. The number of nitrogen functional groups attached to an aromatic ring is 1. The van der Waals surface area contributed by atoms with E-state index >= 15 is 0 Å². The Labute approximate surface area is 112 Å². The summed E-state index contributed by atoms with van der Waals surface area (Å²) < 4.78 is 14.7. The van der Waals surface area contributed by atoms with Gasteiger partial charge in [0.25, 0.3) is 5.91 Å². The molecule has 0 saturated carbocycles. The molecular weight excluding hydrogens is 269 g/mol. The van der Waals surface area contributed by atoms with E-state index in [-0.39, 0.29) is 11.3 Å². The molecule has 0 atom stereocenters. The molecule has 20 heavy (non-hydrogen) atoms. The number of aryl methyl sites for hydroxylation is 1. The Morgan fingerprint density at radius 2 is 2.25 bits per heavy atom. The van der Waals surface area contributed by atoms with Gasteiger partial charge in [-0.15, -0.1) is 0 Å². The molecule has 3 N–H and O–H groups in total. The fourth-order valence-electron chi connectivity index (χ4n) is 1.59. The van der Waals surface area contributed by atoms with Gasteiger partial charge < -0.3 is 11.1 Å². The Morgan fingerprint density at radius 1 is 1.55 bits per heavy atom. The monoisotopic (exact) mass is 279 g/mol. The zero-order chi connectivity index (χ0) is 14.9. The van der Waals surface area contributed by atoms with Crippen LogP contribution in [0.5, 0.6) is 0 Å². The van der Waals surface area contributed by atoms with Crippen molar-refractivity contribution in [1.82, 2.24) is 9.78 Å². The third-order valence-electron chi connectivity index (χ3n) is 2.62. The number of nitrogens with zero attached hydrogens (tertiary/aromatic N) is 3. The number of anilines is 2. The molecule has 2 aromatic rings. The second-order valence-corrected chi connectivity index (χ2v) is 3.94. The first-order valence-corrected chi connectivity index (χ1v) is 5.43. The lowest BCUT2D eigenvalue weighted by molar-refractivity contribution is -0.387. The molecule has 0 radical (unpaired) electrons. The van der Waals surface area contributed by atoms with E-state index in [1.54, 1.807) is 7.05 Å². The number of nitro benzene ring substituents is 1. The molecule has 0 aliphatic heterocycles. The van der Waals surface area contributed by atoms with E-state index in [9.17, 15) is 19.3 Å². The highest BCUT2D eigenvalue weighted by Gasteiger charge is 2.21. The van der Waals surface area contributed by atoms with Gasteiger partial charge >= 0.3 is 5.69 Å². The fourth-order valence-corrected chi connectivity index (χ4v) is 1.59. The molecule has 8 nitrogen and oxygen atoms in total. The predicted octanol–water partition coefficient (Wildman–Crippen LogP) is 1.30. The maximum absolute atomic E-state index is 13.3. The van der Waals surface area contributed by atoms with Crippen LogP contribution in [0.3, 0.4) is 0 Å². The van der Waals surface area contributed by atoms with E-state index in [1.165, 1.54) is 16.9 Å². The summed E-state index contributed by atoms with van der Waals surface area (Å²) in [4.78, 5) is 21.7. The first kappa shape index (κ1) is 13.5. The van der Waals surface area contributed by atoms with Gasteiger partial charge in [0.05, 0.1) is 16.7 Å². The van der Waals surface area contributed by atoms with Crippen LogP contribution in [0.2, 0.25) is 0 Å². The number of amides is 1. The summed E-state index contributed by atoms with van der Waals surface area (Å²) in [7, 11) is 1.60. The summed E-state index contributed by atoms with van der Waals surface area (Å²) in [5.41, 5.74) is 4.33. The van der Waals surface area contributed by atoms with Crippen molar-refractivity contribution in [3.05, 3.63) is 45.9 Å². The summed E-state index contributed by atoms with van der Waals surface area (Å²) in [5, 5.41) is 17.0. The maximum atomic E-state index is 13.3. The number of halogens is 1. The Balaban J connectivity index is 2.37. The SMILES string of the molecule is Cn1nccc1NC(=O)c1cc([N+](=O)[O-])c(F)cc1N. The van der Waals surface area contributed by atoms with Crippen molar-refractivity contribution in [1.29, 1.82) is 0 Å². The van der Waals surface area contributed by atoms with Gasteiger partial charge in [0, 0.05) is 30.9 Å². The Morgan fingerprint density at radius 3 is 2.80 bits per heavy atom. The Kier molecular flexibility index (Phi) is 3.34. The quantitative estimate of drug-likeness (QED) is 0.499. The number of rotatable bonds is 3. The van der Waals surface area contributed by atoms with Crippen LogP contribution >= 0.6 is 0 Å². The van der Waals surface area contributed by atoms with Crippen LogP contribution in [0.1, 0.15) is 10.4 Å². The Bertz CT molecular complexity index is 697. The highest BCUT2D eigenvalue weighted by atomic mass is 19.1. The van der Waals surface area contributed by atoms with E-state index < -0.39 is 22.3 Å².